The number of rotatable bonds is 3. The molecule has 0 saturated carbocycles. The van der Waals surface area contributed by atoms with E-state index in [0.29, 0.717) is 18.8 Å². The molecule has 7 heteroatoms. The van der Waals surface area contributed by atoms with Crippen molar-refractivity contribution in [1.82, 2.24) is 25.1 Å². The summed E-state index contributed by atoms with van der Waals surface area (Å²) in [6.45, 7) is 1.15. The Morgan fingerprint density at radius 1 is 1.00 bits per heavy atom. The summed E-state index contributed by atoms with van der Waals surface area (Å²) < 4.78 is 0. The average molecular weight is 408 g/mol. The summed E-state index contributed by atoms with van der Waals surface area (Å²) in [5.41, 5.74) is 12.1. The molecule has 1 saturated heterocycles. The van der Waals surface area contributed by atoms with Gasteiger partial charge in [0.05, 0.1) is 5.52 Å². The zero-order valence-electron chi connectivity index (χ0n) is 16.7. The molecule has 31 heavy (non-hydrogen) atoms. The van der Waals surface area contributed by atoms with Crippen molar-refractivity contribution in [2.75, 3.05) is 13.1 Å². The first-order valence-electron chi connectivity index (χ1n) is 10.2. The number of pyridine rings is 1. The van der Waals surface area contributed by atoms with Crippen LogP contribution >= 0.6 is 0 Å². The SMILES string of the molecule is NC1CN(C(=O)c2n[nH]c3ccc(-c4cnc5[nH]c(-c6ccccc6)cc5c4)cc23)C1. The fourth-order valence-corrected chi connectivity index (χ4v) is 4.13. The summed E-state index contributed by atoms with van der Waals surface area (Å²) in [5.74, 6) is -0.0863. The predicted octanol–water partition coefficient (Wildman–Crippen LogP) is 3.56. The van der Waals surface area contributed by atoms with Gasteiger partial charge in [0.1, 0.15) is 5.65 Å². The Kier molecular flexibility index (Phi) is 3.91. The molecule has 5 aromatic rings. The van der Waals surface area contributed by atoms with E-state index in [0.717, 1.165) is 44.3 Å². The van der Waals surface area contributed by atoms with Gasteiger partial charge >= 0.3 is 0 Å². The first kappa shape index (κ1) is 17.9. The monoisotopic (exact) mass is 408 g/mol. The van der Waals surface area contributed by atoms with Gasteiger partial charge in [-0.3, -0.25) is 9.89 Å². The lowest BCUT2D eigenvalue weighted by atomic mass is 10.0. The summed E-state index contributed by atoms with van der Waals surface area (Å²) in [6.07, 6.45) is 1.85. The smallest absolute Gasteiger partial charge is 0.275 e. The van der Waals surface area contributed by atoms with Crippen molar-refractivity contribution in [2.45, 2.75) is 6.04 Å². The normalized spacial score (nSPS) is 14.3. The fourth-order valence-electron chi connectivity index (χ4n) is 4.13. The third kappa shape index (κ3) is 2.98. The number of nitrogens with one attached hydrogen (secondary N) is 2. The van der Waals surface area contributed by atoms with Gasteiger partial charge in [0.2, 0.25) is 0 Å². The molecular weight excluding hydrogens is 388 g/mol. The first-order chi connectivity index (χ1) is 15.2. The van der Waals surface area contributed by atoms with Crippen LogP contribution in [0.5, 0.6) is 0 Å². The van der Waals surface area contributed by atoms with Crippen molar-refractivity contribution in [2.24, 2.45) is 5.73 Å². The minimum absolute atomic E-state index is 0.0599. The molecule has 1 fully saturated rings. The molecule has 0 bridgehead atoms. The molecular formula is C24H20N6O. The molecule has 4 heterocycles. The van der Waals surface area contributed by atoms with Gasteiger partial charge in [-0.25, -0.2) is 4.98 Å². The number of carbonyl (C=O) groups is 1. The zero-order chi connectivity index (χ0) is 20.9. The van der Waals surface area contributed by atoms with Crippen LogP contribution in [0.3, 0.4) is 0 Å². The molecule has 2 aromatic carbocycles. The molecule has 6 rings (SSSR count). The largest absolute Gasteiger partial charge is 0.339 e. The Morgan fingerprint density at radius 3 is 2.65 bits per heavy atom. The van der Waals surface area contributed by atoms with Crippen LogP contribution in [0, 0.1) is 0 Å². The number of fused-ring (bicyclic) bond motifs is 2. The molecule has 7 nitrogen and oxygen atoms in total. The van der Waals surface area contributed by atoms with Gasteiger partial charge in [-0.15, -0.1) is 0 Å². The number of hydrogen-bond donors (Lipinski definition) is 3. The van der Waals surface area contributed by atoms with E-state index < -0.39 is 0 Å². The Bertz CT molecular complexity index is 1430. The quantitative estimate of drug-likeness (QED) is 0.425. The van der Waals surface area contributed by atoms with E-state index in [1.807, 2.05) is 42.6 Å². The number of aromatic nitrogens is 4. The second-order valence-corrected chi connectivity index (χ2v) is 8.01. The van der Waals surface area contributed by atoms with Crippen LogP contribution in [0.1, 0.15) is 10.5 Å². The second-order valence-electron chi connectivity index (χ2n) is 8.01. The van der Waals surface area contributed by atoms with Gasteiger partial charge in [-0.05, 0) is 35.4 Å². The van der Waals surface area contributed by atoms with Crippen LogP contribution in [0.2, 0.25) is 0 Å². The van der Waals surface area contributed by atoms with E-state index in [2.05, 4.69) is 44.4 Å². The molecule has 0 aliphatic carbocycles. The summed E-state index contributed by atoms with van der Waals surface area (Å²) in [5, 5.41) is 9.08. The Balaban J connectivity index is 1.38. The summed E-state index contributed by atoms with van der Waals surface area (Å²) >= 11 is 0. The van der Waals surface area contributed by atoms with Crippen LogP contribution in [-0.2, 0) is 0 Å². The highest BCUT2D eigenvalue weighted by molar-refractivity contribution is 6.06. The van der Waals surface area contributed by atoms with Crippen LogP contribution in [0.25, 0.3) is 44.3 Å². The molecule has 0 atom stereocenters. The van der Waals surface area contributed by atoms with E-state index in [9.17, 15) is 4.79 Å². The van der Waals surface area contributed by atoms with Crippen molar-refractivity contribution >= 4 is 27.8 Å². The fraction of sp³-hybridized carbons (Fsp3) is 0.125. The summed E-state index contributed by atoms with van der Waals surface area (Å²) in [7, 11) is 0. The van der Waals surface area contributed by atoms with E-state index in [1.165, 1.54) is 0 Å². The van der Waals surface area contributed by atoms with Crippen LogP contribution in [-0.4, -0.2) is 50.1 Å². The number of likely N-dealkylation sites (tertiary alicyclic amines) is 1. The van der Waals surface area contributed by atoms with E-state index >= 15 is 0 Å². The lowest BCUT2D eigenvalue weighted by Gasteiger charge is -2.36. The molecule has 1 aliphatic heterocycles. The predicted molar refractivity (Wildman–Crippen MR) is 120 cm³/mol. The highest BCUT2D eigenvalue weighted by Gasteiger charge is 2.30. The molecule has 152 valence electrons. The molecule has 0 unspecified atom stereocenters. The van der Waals surface area contributed by atoms with E-state index in [-0.39, 0.29) is 11.9 Å². The van der Waals surface area contributed by atoms with Crippen LogP contribution < -0.4 is 5.73 Å². The van der Waals surface area contributed by atoms with Gasteiger partial charge in [-0.2, -0.15) is 5.10 Å². The molecule has 0 radical (unpaired) electrons. The zero-order valence-corrected chi connectivity index (χ0v) is 16.7. The lowest BCUT2D eigenvalue weighted by Crippen LogP contribution is -2.57. The number of benzene rings is 2. The number of aromatic amines is 2. The molecule has 1 aliphatic rings. The number of amides is 1. The average Bonchev–Trinajstić information content (AvgIpc) is 3.40. The number of nitrogens with zero attached hydrogens (tertiary/aromatic N) is 3. The van der Waals surface area contributed by atoms with Crippen molar-refractivity contribution in [3.63, 3.8) is 0 Å². The molecule has 0 spiro atoms. The summed E-state index contributed by atoms with van der Waals surface area (Å²) in [4.78, 5) is 22.5. The molecule has 3 aromatic heterocycles. The molecule has 1 amide bonds. The Labute approximate surface area is 177 Å². The Morgan fingerprint density at radius 2 is 1.84 bits per heavy atom. The first-order valence-corrected chi connectivity index (χ1v) is 10.2. The topological polar surface area (TPSA) is 104 Å². The molecule has 4 N–H and O–H groups in total. The minimum Gasteiger partial charge on any atom is -0.339 e. The maximum Gasteiger partial charge on any atom is 0.275 e. The lowest BCUT2D eigenvalue weighted by molar-refractivity contribution is 0.0604. The van der Waals surface area contributed by atoms with Crippen molar-refractivity contribution in [1.29, 1.82) is 0 Å². The maximum atomic E-state index is 12.8. The second kappa shape index (κ2) is 6.78. The van der Waals surface area contributed by atoms with Crippen molar-refractivity contribution in [3.05, 3.63) is 72.6 Å². The van der Waals surface area contributed by atoms with Gasteiger partial charge < -0.3 is 15.6 Å². The van der Waals surface area contributed by atoms with E-state index in [4.69, 9.17) is 5.73 Å². The number of carbonyl (C=O) groups excluding carboxylic acids is 1. The van der Waals surface area contributed by atoms with Crippen LogP contribution in [0.15, 0.2) is 66.9 Å². The maximum absolute atomic E-state index is 12.8. The highest BCUT2D eigenvalue weighted by Crippen LogP contribution is 2.30. The van der Waals surface area contributed by atoms with Crippen molar-refractivity contribution in [3.8, 4) is 22.4 Å². The number of hydrogen-bond acceptors (Lipinski definition) is 4. The van der Waals surface area contributed by atoms with E-state index in [1.54, 1.807) is 4.90 Å². The Hall–Kier alpha value is -3.97. The third-order valence-corrected chi connectivity index (χ3v) is 5.85. The number of H-pyrrole nitrogens is 2. The van der Waals surface area contributed by atoms with Gasteiger partial charge in [-0.1, -0.05) is 36.4 Å². The standard InChI is InChI=1S/C24H20N6O/c25-18-12-30(13-18)24(31)22-19-9-15(6-7-20(19)28-29-22)17-8-16-10-21(27-23(16)26-11-17)14-4-2-1-3-5-14/h1-11,18H,12-13,25H2,(H,26,27)(H,28,29). The van der Waals surface area contributed by atoms with Gasteiger partial charge in [0.15, 0.2) is 5.69 Å². The third-order valence-electron chi connectivity index (χ3n) is 5.85. The van der Waals surface area contributed by atoms with Gasteiger partial charge in [0.25, 0.3) is 5.91 Å². The number of nitrogens with two attached hydrogens (primary N) is 1. The highest BCUT2D eigenvalue weighted by atomic mass is 16.2. The van der Waals surface area contributed by atoms with Crippen LogP contribution in [0.4, 0.5) is 0 Å². The van der Waals surface area contributed by atoms with Crippen molar-refractivity contribution < 1.29 is 4.79 Å². The summed E-state index contributed by atoms with van der Waals surface area (Å²) in [6, 6.07) is 20.4. The van der Waals surface area contributed by atoms with Gasteiger partial charge in [0, 0.05) is 47.4 Å². The minimum atomic E-state index is -0.0863.